The minimum absolute atomic E-state index is 0.0346. The Bertz CT molecular complexity index is 1680. The summed E-state index contributed by atoms with van der Waals surface area (Å²) >= 11 is 0. The molecule has 0 bridgehead atoms. The molecule has 51 heavy (non-hydrogen) atoms. The first-order valence-electron chi connectivity index (χ1n) is 18.1. The molecule has 8 N–H and O–H groups in total. The van der Waals surface area contributed by atoms with E-state index in [-0.39, 0.29) is 36.9 Å². The summed E-state index contributed by atoms with van der Waals surface area (Å²) in [6, 6.07) is 9.67. The molecule has 278 valence electrons. The van der Waals surface area contributed by atoms with Crippen LogP contribution in [0.3, 0.4) is 0 Å². The van der Waals surface area contributed by atoms with E-state index in [9.17, 15) is 39.6 Å². The Hall–Kier alpha value is -3.67. The van der Waals surface area contributed by atoms with Crippen LogP contribution in [0.2, 0.25) is 0 Å². The third kappa shape index (κ3) is 5.89. The monoisotopic (exact) mass is 705 g/mol. The zero-order chi connectivity index (χ0) is 38.0. The van der Waals surface area contributed by atoms with E-state index >= 15 is 0 Å². The van der Waals surface area contributed by atoms with Gasteiger partial charge in [0.05, 0.1) is 12.2 Å². The highest BCUT2D eigenvalue weighted by atomic mass is 16.4. The molecule has 11 heteroatoms. The van der Waals surface area contributed by atoms with Crippen molar-refractivity contribution in [1.82, 2.24) is 0 Å². The number of aliphatic hydroxyl groups excluding tert-OH is 3. The Morgan fingerprint density at radius 3 is 2.25 bits per heavy atom. The molecule has 4 aliphatic carbocycles. The Morgan fingerprint density at radius 2 is 1.67 bits per heavy atom. The van der Waals surface area contributed by atoms with Crippen LogP contribution < -0.4 is 11.5 Å². The van der Waals surface area contributed by atoms with Crippen molar-refractivity contribution < 1.29 is 39.6 Å². The van der Waals surface area contributed by atoms with Crippen molar-refractivity contribution in [2.45, 2.75) is 92.5 Å². The molecule has 2 fully saturated rings. The van der Waals surface area contributed by atoms with E-state index in [1.807, 2.05) is 84.0 Å². The largest absolute Gasteiger partial charge is 0.481 e. The fraction of sp³-hybridized carbons (Fsp3) is 0.625. The van der Waals surface area contributed by atoms with Gasteiger partial charge in [0.25, 0.3) is 0 Å². The van der Waals surface area contributed by atoms with E-state index in [4.69, 9.17) is 11.5 Å². The predicted molar refractivity (Wildman–Crippen MR) is 193 cm³/mol. The Morgan fingerprint density at radius 1 is 1.04 bits per heavy atom. The van der Waals surface area contributed by atoms with Gasteiger partial charge in [0.1, 0.15) is 17.8 Å². The lowest BCUT2D eigenvalue weighted by Gasteiger charge is -2.63. The van der Waals surface area contributed by atoms with E-state index < -0.39 is 87.2 Å². The van der Waals surface area contributed by atoms with Crippen LogP contribution in [-0.2, 0) is 19.2 Å². The van der Waals surface area contributed by atoms with Crippen molar-refractivity contribution in [3.63, 3.8) is 0 Å². The summed E-state index contributed by atoms with van der Waals surface area (Å²) in [4.78, 5) is 57.3. The van der Waals surface area contributed by atoms with E-state index in [2.05, 4.69) is 4.99 Å². The third-order valence-corrected chi connectivity index (χ3v) is 14.1. The lowest BCUT2D eigenvalue weighted by atomic mass is 9.40. The van der Waals surface area contributed by atoms with Crippen LogP contribution >= 0.6 is 0 Å². The van der Waals surface area contributed by atoms with Crippen molar-refractivity contribution in [1.29, 1.82) is 0 Å². The van der Waals surface area contributed by atoms with E-state index in [1.165, 1.54) is 6.92 Å². The first-order chi connectivity index (χ1) is 23.7. The number of allylic oxidation sites excluding steroid dienone is 1. The van der Waals surface area contributed by atoms with Crippen LogP contribution in [0.15, 0.2) is 52.5 Å². The second-order valence-corrected chi connectivity index (χ2v) is 16.9. The Kier molecular flexibility index (Phi) is 10.1. The first-order valence-corrected chi connectivity index (χ1v) is 18.1. The molecule has 0 heterocycles. The van der Waals surface area contributed by atoms with E-state index in [1.54, 1.807) is 0 Å². The molecule has 0 aromatic heterocycles. The summed E-state index contributed by atoms with van der Waals surface area (Å²) in [5.74, 6) is -7.00. The highest BCUT2D eigenvalue weighted by Crippen LogP contribution is 2.72. The van der Waals surface area contributed by atoms with Crippen molar-refractivity contribution in [2.75, 3.05) is 6.54 Å². The van der Waals surface area contributed by atoms with Gasteiger partial charge in [-0.2, -0.15) is 0 Å². The van der Waals surface area contributed by atoms with Gasteiger partial charge < -0.3 is 31.9 Å². The zero-order valence-corrected chi connectivity index (χ0v) is 30.8. The number of rotatable bonds is 10. The number of carboxylic acids is 1. The molecule has 0 radical (unpaired) electrons. The summed E-state index contributed by atoms with van der Waals surface area (Å²) in [5, 5.41) is 45.8. The summed E-state index contributed by atoms with van der Waals surface area (Å²) in [6.07, 6.45) is 0.916. The lowest BCUT2D eigenvalue weighted by Crippen LogP contribution is -2.63. The Labute approximate surface area is 300 Å². The minimum atomic E-state index is -1.73. The average molecular weight is 706 g/mol. The van der Waals surface area contributed by atoms with Crippen molar-refractivity contribution >= 4 is 35.4 Å². The normalized spacial score (nSPS) is 36.8. The number of Topliss-reactive ketones (excluding diaryl/α,β-unsaturated/α-hetero) is 3. The first kappa shape index (κ1) is 38.6. The number of hydrogen-bond acceptors (Lipinski definition) is 8. The van der Waals surface area contributed by atoms with Crippen LogP contribution in [0.25, 0.3) is 6.08 Å². The molecule has 1 aromatic rings. The third-order valence-electron chi connectivity index (χ3n) is 14.1. The van der Waals surface area contributed by atoms with Crippen LogP contribution in [-0.4, -0.2) is 74.6 Å². The molecular weight excluding hydrogens is 650 g/mol. The number of hydrogen-bond donors (Lipinski definition) is 6. The molecule has 2 saturated carbocycles. The number of carbonyl (C=O) groups is 4. The number of guanidine groups is 1. The van der Waals surface area contributed by atoms with Gasteiger partial charge in [-0.25, -0.2) is 0 Å². The van der Waals surface area contributed by atoms with Gasteiger partial charge in [-0.15, -0.1) is 0 Å². The molecule has 5 rings (SSSR count). The number of ketones is 3. The number of carboxylic acid groups (broad SMARTS) is 1. The van der Waals surface area contributed by atoms with Gasteiger partial charge in [0, 0.05) is 53.0 Å². The smallest absolute Gasteiger partial charge is 0.313 e. The van der Waals surface area contributed by atoms with Gasteiger partial charge in [-0.3, -0.25) is 24.2 Å². The number of nitrogens with zero attached hydrogens (tertiary/aromatic N) is 1. The van der Waals surface area contributed by atoms with Crippen molar-refractivity contribution in [3.8, 4) is 0 Å². The van der Waals surface area contributed by atoms with E-state index in [0.29, 0.717) is 24.0 Å². The molecule has 0 unspecified atom stereocenters. The number of nitrogens with two attached hydrogens (primary N) is 2. The maximum Gasteiger partial charge on any atom is 0.313 e. The number of aliphatic carboxylic acids is 1. The van der Waals surface area contributed by atoms with Gasteiger partial charge >= 0.3 is 5.97 Å². The fourth-order valence-electron chi connectivity index (χ4n) is 11.0. The molecule has 0 spiro atoms. The van der Waals surface area contributed by atoms with Gasteiger partial charge in [0.2, 0.25) is 0 Å². The second-order valence-electron chi connectivity index (χ2n) is 16.9. The van der Waals surface area contributed by atoms with Crippen LogP contribution in [0.5, 0.6) is 0 Å². The van der Waals surface area contributed by atoms with Gasteiger partial charge in [-0.05, 0) is 54.1 Å². The number of benzene rings is 1. The fourth-order valence-corrected chi connectivity index (χ4v) is 11.0. The maximum absolute atomic E-state index is 14.8. The SMILES string of the molecule is C[C@@H](C(=O)O)C(=O)[C@@H](O)[C@@H](CN=C(N)N)[C@@H](C)[C@@H]1C[C@H](O)[C@]2(C)C3=C(C(=O)C[C@]12C)[C@@]1(C)CCC(=O)C(C)(C)[C@@H]1[C@@H](C=Cc1ccccc1)[C@H]3O. The topological polar surface area (TPSA) is 214 Å². The summed E-state index contributed by atoms with van der Waals surface area (Å²) in [6.45, 7) is 12.6. The number of aliphatic hydroxyl groups is 3. The number of carbonyl (C=O) groups excluding carboxylic acids is 3. The van der Waals surface area contributed by atoms with Gasteiger partial charge in [0.15, 0.2) is 17.5 Å². The summed E-state index contributed by atoms with van der Waals surface area (Å²) < 4.78 is 0. The van der Waals surface area contributed by atoms with Crippen LogP contribution in [0.4, 0.5) is 0 Å². The van der Waals surface area contributed by atoms with E-state index in [0.717, 1.165) is 5.56 Å². The van der Waals surface area contributed by atoms with Crippen LogP contribution in [0, 0.1) is 57.2 Å². The quantitative estimate of drug-likeness (QED) is 0.118. The molecule has 1 aromatic carbocycles. The number of fused-ring (bicyclic) bond motifs is 4. The average Bonchev–Trinajstić information content (AvgIpc) is 3.27. The molecule has 0 saturated heterocycles. The molecular formula is C40H55N3O8. The highest BCUT2D eigenvalue weighted by Gasteiger charge is 2.71. The summed E-state index contributed by atoms with van der Waals surface area (Å²) in [7, 11) is 0. The van der Waals surface area contributed by atoms with Crippen molar-refractivity contribution in [3.05, 3.63) is 53.1 Å². The molecule has 12 atom stereocenters. The highest BCUT2D eigenvalue weighted by molar-refractivity contribution is 6.01. The van der Waals surface area contributed by atoms with Gasteiger partial charge in [-0.1, -0.05) is 84.0 Å². The molecule has 11 nitrogen and oxygen atoms in total. The maximum atomic E-state index is 14.8. The standard InChI is InChI=1S/C40H55N3O8/c1-20(24(19-43-36(41)42)33(49)31(47)21(2)35(50)51)25-17-28(46)40(7)30-29(26(44)18-39(25,40)6)38(5)16-15-27(45)37(3,4)34(38)23(32(30)48)14-13-22-11-9-8-10-12-22/h8-14,20-21,23-25,28,32-34,46,48-49H,15-19H2,1-7H3,(H,50,51)(H4,41,42,43)/t20-,21-,23+,24+,25+,28+,32-,33+,34+,38-,39-,40-/m1/s1. The predicted octanol–water partition coefficient (Wildman–Crippen LogP) is 3.54. The molecule has 0 amide bonds. The summed E-state index contributed by atoms with van der Waals surface area (Å²) in [5.41, 5.74) is 9.55. The lowest BCUT2D eigenvalue weighted by molar-refractivity contribution is -0.152. The Balaban J connectivity index is 1.66. The minimum Gasteiger partial charge on any atom is -0.481 e. The number of aliphatic imine (C=N–C) groups is 1. The zero-order valence-electron chi connectivity index (χ0n) is 30.8. The second kappa shape index (κ2) is 13.4. The van der Waals surface area contributed by atoms with Crippen LogP contribution in [0.1, 0.15) is 79.7 Å². The van der Waals surface area contributed by atoms with Crippen molar-refractivity contribution in [2.24, 2.45) is 73.6 Å². The molecule has 0 aliphatic heterocycles. The molecule has 4 aliphatic rings.